The average Bonchev–Trinajstić information content (AvgIpc) is 2.62. The number of anilines is 1. The highest BCUT2D eigenvalue weighted by Crippen LogP contribution is 2.42. The van der Waals surface area contributed by atoms with Crippen LogP contribution in [-0.4, -0.2) is 30.2 Å². The van der Waals surface area contributed by atoms with Crippen LogP contribution < -0.4 is 14.8 Å². The fourth-order valence-corrected chi connectivity index (χ4v) is 3.47. The lowest BCUT2D eigenvalue weighted by Gasteiger charge is -2.22. The molecule has 0 aromatic heterocycles. The first-order chi connectivity index (χ1) is 12.8. The molecule has 7 heteroatoms. The molecule has 1 aliphatic rings. The Morgan fingerprint density at radius 2 is 1.74 bits per heavy atom. The smallest absolute Gasteiger partial charge is 0.309 e. The number of carboxylic acid groups (broad SMARTS) is 1. The maximum Gasteiger partial charge on any atom is 0.309 e. The van der Waals surface area contributed by atoms with E-state index in [0.717, 1.165) is 9.79 Å². The van der Waals surface area contributed by atoms with E-state index in [1.165, 1.54) is 25.6 Å². The molecule has 3 rings (SSSR count). The van der Waals surface area contributed by atoms with Crippen LogP contribution in [0.25, 0.3) is 0 Å². The second kappa shape index (κ2) is 7.92. The maximum absolute atomic E-state index is 12.4. The van der Waals surface area contributed by atoms with Gasteiger partial charge in [0.1, 0.15) is 13.2 Å². The standard InChI is InChI=1S/C20H21NO5S/c1-20(2,19(23)24)12-18(22)21-14-10-15-16(26-9-8-25-15)11-17(14)27-13-6-4-3-5-7-13/h3-7,10-11H,8-9,12H2,1-2H3,(H,21,22)(H,23,24). The number of carbonyl (C=O) groups is 2. The average molecular weight is 387 g/mol. The summed E-state index contributed by atoms with van der Waals surface area (Å²) < 4.78 is 11.3. The third-order valence-electron chi connectivity index (χ3n) is 4.07. The Balaban J connectivity index is 1.87. The number of fused-ring (bicyclic) bond motifs is 1. The molecular weight excluding hydrogens is 366 g/mol. The molecular formula is C20H21NO5S. The molecule has 2 aromatic rings. The minimum atomic E-state index is -1.15. The van der Waals surface area contributed by atoms with Gasteiger partial charge >= 0.3 is 5.97 Å². The van der Waals surface area contributed by atoms with Crippen LogP contribution in [0, 0.1) is 5.41 Å². The Hall–Kier alpha value is -2.67. The van der Waals surface area contributed by atoms with Gasteiger partial charge in [0.15, 0.2) is 11.5 Å². The van der Waals surface area contributed by atoms with E-state index in [0.29, 0.717) is 30.4 Å². The zero-order valence-electron chi connectivity index (χ0n) is 15.2. The van der Waals surface area contributed by atoms with Crippen molar-refractivity contribution in [3.05, 3.63) is 42.5 Å². The van der Waals surface area contributed by atoms with Crippen molar-refractivity contribution in [1.29, 1.82) is 0 Å². The first-order valence-electron chi connectivity index (χ1n) is 8.55. The van der Waals surface area contributed by atoms with Crippen LogP contribution in [0.2, 0.25) is 0 Å². The summed E-state index contributed by atoms with van der Waals surface area (Å²) in [6.07, 6.45) is -0.133. The van der Waals surface area contributed by atoms with Crippen molar-refractivity contribution in [3.8, 4) is 11.5 Å². The van der Waals surface area contributed by atoms with E-state index >= 15 is 0 Å². The van der Waals surface area contributed by atoms with Crippen LogP contribution in [0.5, 0.6) is 11.5 Å². The first kappa shape index (κ1) is 19.1. The summed E-state index contributed by atoms with van der Waals surface area (Å²) in [4.78, 5) is 25.5. The van der Waals surface area contributed by atoms with E-state index in [9.17, 15) is 14.7 Å². The van der Waals surface area contributed by atoms with E-state index in [4.69, 9.17) is 9.47 Å². The summed E-state index contributed by atoms with van der Waals surface area (Å²) in [6, 6.07) is 13.3. The number of rotatable bonds is 6. The molecule has 142 valence electrons. The van der Waals surface area contributed by atoms with Crippen molar-refractivity contribution in [3.63, 3.8) is 0 Å². The summed E-state index contributed by atoms with van der Waals surface area (Å²) >= 11 is 1.49. The highest BCUT2D eigenvalue weighted by Gasteiger charge is 2.30. The molecule has 27 heavy (non-hydrogen) atoms. The van der Waals surface area contributed by atoms with Crippen molar-refractivity contribution >= 4 is 29.3 Å². The third-order valence-corrected chi connectivity index (χ3v) is 5.14. The zero-order chi connectivity index (χ0) is 19.4. The van der Waals surface area contributed by atoms with Crippen LogP contribution >= 0.6 is 11.8 Å². The minimum absolute atomic E-state index is 0.133. The summed E-state index contributed by atoms with van der Waals surface area (Å²) in [5.41, 5.74) is -0.579. The van der Waals surface area contributed by atoms with Crippen LogP contribution in [0.15, 0.2) is 52.3 Å². The highest BCUT2D eigenvalue weighted by atomic mass is 32.2. The van der Waals surface area contributed by atoms with E-state index in [1.54, 1.807) is 6.07 Å². The van der Waals surface area contributed by atoms with Crippen LogP contribution in [0.4, 0.5) is 5.69 Å². The molecule has 0 bridgehead atoms. The number of aliphatic carboxylic acids is 1. The lowest BCUT2D eigenvalue weighted by Crippen LogP contribution is -2.29. The Labute approximate surface area is 161 Å². The first-order valence-corrected chi connectivity index (χ1v) is 9.36. The molecule has 2 N–H and O–H groups in total. The molecule has 0 saturated heterocycles. The molecule has 0 radical (unpaired) electrons. The molecule has 0 saturated carbocycles. The second-order valence-corrected chi connectivity index (χ2v) is 7.94. The van der Waals surface area contributed by atoms with Crippen molar-refractivity contribution in [2.24, 2.45) is 5.41 Å². The van der Waals surface area contributed by atoms with Crippen molar-refractivity contribution in [1.82, 2.24) is 0 Å². The van der Waals surface area contributed by atoms with Gasteiger partial charge in [-0.25, -0.2) is 0 Å². The third kappa shape index (κ3) is 4.74. The Morgan fingerprint density at radius 3 is 2.37 bits per heavy atom. The van der Waals surface area contributed by atoms with Crippen LogP contribution in [-0.2, 0) is 9.59 Å². The summed E-state index contributed by atoms with van der Waals surface area (Å²) in [7, 11) is 0. The fourth-order valence-electron chi connectivity index (χ4n) is 2.54. The Kier molecular flexibility index (Phi) is 5.60. The number of amides is 1. The fraction of sp³-hybridized carbons (Fsp3) is 0.300. The quantitative estimate of drug-likeness (QED) is 0.778. The largest absolute Gasteiger partial charge is 0.486 e. The normalized spacial score (nSPS) is 13.1. The van der Waals surface area contributed by atoms with Crippen molar-refractivity contribution < 1.29 is 24.2 Å². The highest BCUT2D eigenvalue weighted by molar-refractivity contribution is 7.99. The molecule has 2 aromatic carbocycles. The minimum Gasteiger partial charge on any atom is -0.486 e. The molecule has 0 fully saturated rings. The Morgan fingerprint density at radius 1 is 1.11 bits per heavy atom. The van der Waals surface area contributed by atoms with E-state index in [1.807, 2.05) is 36.4 Å². The van der Waals surface area contributed by atoms with E-state index < -0.39 is 11.4 Å². The van der Waals surface area contributed by atoms with Gasteiger partial charge in [-0.1, -0.05) is 30.0 Å². The van der Waals surface area contributed by atoms with Gasteiger partial charge in [0, 0.05) is 28.3 Å². The molecule has 0 aliphatic carbocycles. The summed E-state index contributed by atoms with van der Waals surface area (Å²) in [5.74, 6) is -0.192. The lowest BCUT2D eigenvalue weighted by atomic mass is 9.89. The number of hydrogen-bond acceptors (Lipinski definition) is 5. The Bertz CT molecular complexity index is 851. The van der Waals surface area contributed by atoms with Crippen molar-refractivity contribution in [2.45, 2.75) is 30.1 Å². The molecule has 1 amide bonds. The molecule has 0 atom stereocenters. The predicted molar refractivity (Wildman–Crippen MR) is 103 cm³/mol. The second-order valence-electron chi connectivity index (χ2n) is 6.82. The number of hydrogen-bond donors (Lipinski definition) is 2. The van der Waals surface area contributed by atoms with Gasteiger partial charge in [0.25, 0.3) is 0 Å². The number of carboxylic acids is 1. The SMILES string of the molecule is CC(C)(CC(=O)Nc1cc2c(cc1Sc1ccccc1)OCCO2)C(=O)O. The van der Waals surface area contributed by atoms with Gasteiger partial charge in [0.05, 0.1) is 11.1 Å². The number of carbonyl (C=O) groups excluding carboxylic acids is 1. The van der Waals surface area contributed by atoms with Gasteiger partial charge in [-0.05, 0) is 26.0 Å². The lowest BCUT2D eigenvalue weighted by molar-refractivity contribution is -0.148. The van der Waals surface area contributed by atoms with Gasteiger partial charge in [0.2, 0.25) is 5.91 Å². The number of ether oxygens (including phenoxy) is 2. The molecule has 6 nitrogen and oxygen atoms in total. The van der Waals surface area contributed by atoms with Crippen LogP contribution in [0.1, 0.15) is 20.3 Å². The van der Waals surface area contributed by atoms with E-state index in [-0.39, 0.29) is 12.3 Å². The molecule has 0 spiro atoms. The van der Waals surface area contributed by atoms with Gasteiger partial charge < -0.3 is 19.9 Å². The summed E-state index contributed by atoms with van der Waals surface area (Å²) in [6.45, 7) is 3.97. The predicted octanol–water partition coefficient (Wildman–Crippen LogP) is 4.05. The molecule has 1 heterocycles. The van der Waals surface area contributed by atoms with Gasteiger partial charge in [-0.15, -0.1) is 0 Å². The molecule has 1 aliphatic heterocycles. The summed E-state index contributed by atoms with van der Waals surface area (Å²) in [5, 5.41) is 12.1. The molecule has 0 unspecified atom stereocenters. The maximum atomic E-state index is 12.4. The monoisotopic (exact) mass is 387 g/mol. The van der Waals surface area contributed by atoms with Gasteiger partial charge in [-0.3, -0.25) is 9.59 Å². The van der Waals surface area contributed by atoms with Gasteiger partial charge in [-0.2, -0.15) is 0 Å². The van der Waals surface area contributed by atoms with E-state index in [2.05, 4.69) is 5.32 Å². The number of nitrogens with one attached hydrogen (secondary N) is 1. The van der Waals surface area contributed by atoms with Crippen LogP contribution in [0.3, 0.4) is 0 Å². The zero-order valence-corrected chi connectivity index (χ0v) is 16.0. The van der Waals surface area contributed by atoms with Crippen molar-refractivity contribution in [2.75, 3.05) is 18.5 Å². The number of benzene rings is 2. The topological polar surface area (TPSA) is 84.9 Å².